The van der Waals surface area contributed by atoms with E-state index in [0.717, 1.165) is 0 Å². The van der Waals surface area contributed by atoms with Crippen molar-refractivity contribution in [2.75, 3.05) is 27.4 Å². The number of piperidine rings is 1. The Kier molecular flexibility index (Phi) is 6.54. The number of ether oxygens (including phenoxy) is 3. The Bertz CT molecular complexity index is 462. The van der Waals surface area contributed by atoms with Crippen LogP contribution >= 0.6 is 0 Å². The van der Waals surface area contributed by atoms with Crippen molar-refractivity contribution < 1.29 is 24.2 Å². The third-order valence-electron chi connectivity index (χ3n) is 4.81. The highest BCUT2D eigenvalue weighted by molar-refractivity contribution is 5.51. The zero-order valence-electron chi connectivity index (χ0n) is 14.7. The first-order valence-electron chi connectivity index (χ1n) is 8.44. The van der Waals surface area contributed by atoms with E-state index < -0.39 is 6.10 Å². The second-order valence-corrected chi connectivity index (χ2v) is 6.47. The van der Waals surface area contributed by atoms with Gasteiger partial charge in [0.25, 0.3) is 0 Å². The molecule has 1 aromatic rings. The Morgan fingerprint density at radius 1 is 1.13 bits per heavy atom. The molecule has 1 saturated heterocycles. The SMILES string of the molecule is COc1cccc(OC)c1OCC(O)C[NH+]1C(C)CCCC1C. The van der Waals surface area contributed by atoms with Gasteiger partial charge < -0.3 is 24.2 Å². The van der Waals surface area contributed by atoms with E-state index in [-0.39, 0.29) is 6.61 Å². The number of rotatable bonds is 7. The van der Waals surface area contributed by atoms with Gasteiger partial charge in [0.2, 0.25) is 5.75 Å². The molecule has 2 N–H and O–H groups in total. The van der Waals surface area contributed by atoms with Gasteiger partial charge in [-0.25, -0.2) is 0 Å². The van der Waals surface area contributed by atoms with Crippen LogP contribution in [0.15, 0.2) is 18.2 Å². The molecule has 23 heavy (non-hydrogen) atoms. The zero-order valence-corrected chi connectivity index (χ0v) is 14.7. The van der Waals surface area contributed by atoms with E-state index in [1.807, 2.05) is 18.2 Å². The molecule has 1 heterocycles. The first-order valence-corrected chi connectivity index (χ1v) is 8.44. The average Bonchev–Trinajstić information content (AvgIpc) is 2.56. The van der Waals surface area contributed by atoms with Gasteiger partial charge in [-0.3, -0.25) is 0 Å². The quantitative estimate of drug-likeness (QED) is 0.794. The number of aliphatic hydroxyl groups is 1. The number of quaternary nitrogens is 1. The van der Waals surface area contributed by atoms with Crippen LogP contribution in [-0.4, -0.2) is 50.7 Å². The van der Waals surface area contributed by atoms with E-state index in [2.05, 4.69) is 13.8 Å². The number of para-hydroxylation sites is 1. The summed E-state index contributed by atoms with van der Waals surface area (Å²) in [6.45, 7) is 5.48. The standard InChI is InChI=1S/C18H29NO4/c1-13-7-5-8-14(2)19(13)11-15(20)12-23-18-16(21-3)9-6-10-17(18)22-4/h6,9-10,13-15,20H,5,7-8,11-12H2,1-4H3/p+1. The molecule has 0 spiro atoms. The van der Waals surface area contributed by atoms with Gasteiger partial charge >= 0.3 is 0 Å². The fourth-order valence-corrected chi connectivity index (χ4v) is 3.46. The first kappa shape index (κ1) is 17.9. The summed E-state index contributed by atoms with van der Waals surface area (Å²) >= 11 is 0. The number of nitrogens with one attached hydrogen (secondary N) is 1. The summed E-state index contributed by atoms with van der Waals surface area (Å²) in [5, 5.41) is 10.4. The minimum Gasteiger partial charge on any atom is -0.493 e. The van der Waals surface area contributed by atoms with E-state index in [1.54, 1.807) is 14.2 Å². The maximum atomic E-state index is 10.4. The lowest BCUT2D eigenvalue weighted by molar-refractivity contribution is -0.954. The predicted molar refractivity (Wildman–Crippen MR) is 89.7 cm³/mol. The Hall–Kier alpha value is -1.46. The smallest absolute Gasteiger partial charge is 0.203 e. The molecule has 0 radical (unpaired) electrons. The number of hydrogen-bond donors (Lipinski definition) is 2. The van der Waals surface area contributed by atoms with Crippen LogP contribution in [0.4, 0.5) is 0 Å². The highest BCUT2D eigenvalue weighted by Gasteiger charge is 2.30. The summed E-state index contributed by atoms with van der Waals surface area (Å²) in [7, 11) is 3.19. The summed E-state index contributed by atoms with van der Waals surface area (Å²) in [6, 6.07) is 6.68. The number of hydrogen-bond acceptors (Lipinski definition) is 4. The Morgan fingerprint density at radius 2 is 1.70 bits per heavy atom. The third kappa shape index (κ3) is 4.52. The van der Waals surface area contributed by atoms with Crippen molar-refractivity contribution in [1.82, 2.24) is 0 Å². The van der Waals surface area contributed by atoms with E-state index in [9.17, 15) is 5.11 Å². The Labute approximate surface area is 139 Å². The molecule has 1 aromatic carbocycles. The molecule has 2 rings (SSSR count). The van der Waals surface area contributed by atoms with Crippen LogP contribution < -0.4 is 19.1 Å². The molecule has 0 amide bonds. The lowest BCUT2D eigenvalue weighted by atomic mass is 9.97. The summed E-state index contributed by atoms with van der Waals surface area (Å²) in [5.41, 5.74) is 0. The van der Waals surface area contributed by atoms with Crippen LogP contribution in [0, 0.1) is 0 Å². The van der Waals surface area contributed by atoms with Gasteiger partial charge in [0, 0.05) is 0 Å². The van der Waals surface area contributed by atoms with Crippen molar-refractivity contribution in [3.63, 3.8) is 0 Å². The summed E-state index contributed by atoms with van der Waals surface area (Å²) < 4.78 is 16.4. The van der Waals surface area contributed by atoms with E-state index in [4.69, 9.17) is 14.2 Å². The molecule has 5 heteroatoms. The van der Waals surface area contributed by atoms with Gasteiger partial charge in [-0.05, 0) is 45.2 Å². The van der Waals surface area contributed by atoms with Crippen molar-refractivity contribution >= 4 is 0 Å². The summed E-state index contributed by atoms with van der Waals surface area (Å²) in [6.07, 6.45) is 3.24. The van der Waals surface area contributed by atoms with Crippen LogP contribution in [0.3, 0.4) is 0 Å². The molecule has 0 bridgehead atoms. The number of benzene rings is 1. The van der Waals surface area contributed by atoms with E-state index in [1.165, 1.54) is 24.2 Å². The lowest BCUT2D eigenvalue weighted by Gasteiger charge is -2.36. The largest absolute Gasteiger partial charge is 0.493 e. The molecule has 0 aliphatic carbocycles. The highest BCUT2D eigenvalue weighted by Crippen LogP contribution is 2.36. The fourth-order valence-electron chi connectivity index (χ4n) is 3.46. The summed E-state index contributed by atoms with van der Waals surface area (Å²) in [4.78, 5) is 1.47. The van der Waals surface area contributed by atoms with Crippen LogP contribution in [0.1, 0.15) is 33.1 Å². The maximum absolute atomic E-state index is 10.4. The predicted octanol–water partition coefficient (Wildman–Crippen LogP) is 1.29. The van der Waals surface area contributed by atoms with Crippen LogP contribution in [0.25, 0.3) is 0 Å². The van der Waals surface area contributed by atoms with Gasteiger partial charge in [-0.15, -0.1) is 0 Å². The molecule has 3 atom stereocenters. The average molecular weight is 324 g/mol. The molecule has 1 fully saturated rings. The molecule has 0 aromatic heterocycles. The first-order chi connectivity index (χ1) is 11.1. The molecule has 1 aliphatic heterocycles. The Morgan fingerprint density at radius 3 is 2.22 bits per heavy atom. The minimum atomic E-state index is -0.511. The van der Waals surface area contributed by atoms with Crippen molar-refractivity contribution in [3.8, 4) is 17.2 Å². The number of likely N-dealkylation sites (tertiary alicyclic amines) is 1. The van der Waals surface area contributed by atoms with E-state index >= 15 is 0 Å². The Balaban J connectivity index is 1.95. The lowest BCUT2D eigenvalue weighted by Crippen LogP contribution is -3.20. The maximum Gasteiger partial charge on any atom is 0.203 e. The monoisotopic (exact) mass is 324 g/mol. The third-order valence-corrected chi connectivity index (χ3v) is 4.81. The molecular weight excluding hydrogens is 294 g/mol. The molecule has 0 saturated carbocycles. The molecule has 3 unspecified atom stereocenters. The van der Waals surface area contributed by atoms with Gasteiger partial charge in [0.05, 0.1) is 26.3 Å². The van der Waals surface area contributed by atoms with Gasteiger partial charge in [0.1, 0.15) is 19.3 Å². The normalized spacial score (nSPS) is 25.7. The second kappa shape index (κ2) is 8.41. The van der Waals surface area contributed by atoms with Crippen LogP contribution in [0.2, 0.25) is 0 Å². The van der Waals surface area contributed by atoms with Gasteiger partial charge in [-0.1, -0.05) is 6.07 Å². The van der Waals surface area contributed by atoms with Gasteiger partial charge in [0.15, 0.2) is 11.5 Å². The summed E-state index contributed by atoms with van der Waals surface area (Å²) in [5.74, 6) is 1.78. The number of methoxy groups -OCH3 is 2. The number of aliphatic hydroxyl groups excluding tert-OH is 1. The molecule has 130 valence electrons. The van der Waals surface area contributed by atoms with Crippen molar-refractivity contribution in [3.05, 3.63) is 18.2 Å². The topological polar surface area (TPSA) is 52.4 Å². The van der Waals surface area contributed by atoms with Gasteiger partial charge in [-0.2, -0.15) is 0 Å². The van der Waals surface area contributed by atoms with Crippen LogP contribution in [-0.2, 0) is 0 Å². The fraction of sp³-hybridized carbons (Fsp3) is 0.667. The van der Waals surface area contributed by atoms with Crippen LogP contribution in [0.5, 0.6) is 17.2 Å². The highest BCUT2D eigenvalue weighted by atomic mass is 16.5. The molecule has 1 aliphatic rings. The second-order valence-electron chi connectivity index (χ2n) is 6.47. The molecular formula is C18H30NO4+. The van der Waals surface area contributed by atoms with Crippen molar-refractivity contribution in [2.24, 2.45) is 0 Å². The van der Waals surface area contributed by atoms with Crippen molar-refractivity contribution in [2.45, 2.75) is 51.3 Å². The van der Waals surface area contributed by atoms with Crippen molar-refractivity contribution in [1.29, 1.82) is 0 Å². The van der Waals surface area contributed by atoms with E-state index in [0.29, 0.717) is 35.9 Å². The minimum absolute atomic E-state index is 0.236. The molecule has 5 nitrogen and oxygen atoms in total. The zero-order chi connectivity index (χ0) is 16.8.